The molecule has 1 N–H and O–H groups in total. The van der Waals surface area contributed by atoms with Crippen molar-refractivity contribution in [1.82, 2.24) is 4.98 Å². The van der Waals surface area contributed by atoms with Crippen LogP contribution in [0.5, 0.6) is 0 Å². The molecule has 0 radical (unpaired) electrons. The van der Waals surface area contributed by atoms with E-state index in [4.69, 9.17) is 0 Å². The average Bonchev–Trinajstić information content (AvgIpc) is 2.90. The van der Waals surface area contributed by atoms with E-state index in [1.54, 1.807) is 11.3 Å². The van der Waals surface area contributed by atoms with E-state index in [0.29, 0.717) is 0 Å². The third-order valence-corrected chi connectivity index (χ3v) is 4.67. The molecule has 1 aliphatic rings. The van der Waals surface area contributed by atoms with Crippen molar-refractivity contribution >= 4 is 22.7 Å². The van der Waals surface area contributed by atoms with Gasteiger partial charge in [-0.2, -0.15) is 5.10 Å². The topological polar surface area (TPSA) is 37.3 Å². The van der Waals surface area contributed by atoms with E-state index in [-0.39, 0.29) is 0 Å². The van der Waals surface area contributed by atoms with Crippen LogP contribution in [0, 0.1) is 0 Å². The zero-order valence-electron chi connectivity index (χ0n) is 11.7. The number of hydrogen-bond donors (Lipinski definition) is 1. The fourth-order valence-corrected chi connectivity index (χ4v) is 3.40. The molecular weight excluding hydrogens is 266 g/mol. The number of aryl methyl sites for hydroxylation is 3. The standard InChI is InChI=1S/C16H19N3S/c1-2-12-7-9-13(10-8-12)11-17-19-16-18-14-5-3-4-6-15(14)20-16/h7-11H,2-6H2,1H3,(H,18,19)/b17-11-. The van der Waals surface area contributed by atoms with Gasteiger partial charge in [0.2, 0.25) is 5.13 Å². The number of rotatable bonds is 4. The minimum absolute atomic E-state index is 0.915. The van der Waals surface area contributed by atoms with Gasteiger partial charge in [0.15, 0.2) is 0 Å². The molecule has 0 bridgehead atoms. The molecule has 1 heterocycles. The Hall–Kier alpha value is -1.68. The quantitative estimate of drug-likeness (QED) is 0.680. The molecule has 2 aromatic rings. The van der Waals surface area contributed by atoms with Crippen LogP contribution in [0.15, 0.2) is 29.4 Å². The average molecular weight is 285 g/mol. The summed E-state index contributed by atoms with van der Waals surface area (Å²) in [5.74, 6) is 0. The van der Waals surface area contributed by atoms with Gasteiger partial charge >= 0.3 is 0 Å². The molecule has 3 nitrogen and oxygen atoms in total. The Labute approximate surface area is 123 Å². The van der Waals surface area contributed by atoms with Crippen molar-refractivity contribution < 1.29 is 0 Å². The normalized spacial score (nSPS) is 14.4. The highest BCUT2D eigenvalue weighted by Gasteiger charge is 2.14. The van der Waals surface area contributed by atoms with Crippen molar-refractivity contribution in [2.75, 3.05) is 5.43 Å². The van der Waals surface area contributed by atoms with Crippen LogP contribution in [-0.2, 0) is 19.3 Å². The summed E-state index contributed by atoms with van der Waals surface area (Å²) in [5, 5.41) is 5.20. The van der Waals surface area contributed by atoms with E-state index in [0.717, 1.165) is 23.5 Å². The summed E-state index contributed by atoms with van der Waals surface area (Å²) in [4.78, 5) is 6.03. The van der Waals surface area contributed by atoms with Gasteiger partial charge in [0, 0.05) is 4.88 Å². The second-order valence-corrected chi connectivity index (χ2v) is 6.14. The number of anilines is 1. The van der Waals surface area contributed by atoms with Crippen LogP contribution in [0.3, 0.4) is 0 Å². The lowest BCUT2D eigenvalue weighted by atomic mass is 10.0. The van der Waals surface area contributed by atoms with Crippen LogP contribution in [-0.4, -0.2) is 11.2 Å². The summed E-state index contributed by atoms with van der Waals surface area (Å²) < 4.78 is 0. The maximum Gasteiger partial charge on any atom is 0.203 e. The van der Waals surface area contributed by atoms with Crippen molar-refractivity contribution in [1.29, 1.82) is 0 Å². The molecule has 0 atom stereocenters. The van der Waals surface area contributed by atoms with Crippen LogP contribution in [0.2, 0.25) is 0 Å². The molecule has 0 spiro atoms. The highest BCUT2D eigenvalue weighted by atomic mass is 32.1. The molecule has 0 unspecified atom stereocenters. The molecule has 3 rings (SSSR count). The zero-order chi connectivity index (χ0) is 13.8. The van der Waals surface area contributed by atoms with Gasteiger partial charge in [-0.05, 0) is 43.2 Å². The van der Waals surface area contributed by atoms with Crippen molar-refractivity contribution in [3.63, 3.8) is 0 Å². The first-order valence-corrected chi connectivity index (χ1v) is 8.03. The molecule has 0 aliphatic heterocycles. The Morgan fingerprint density at radius 2 is 2.05 bits per heavy atom. The van der Waals surface area contributed by atoms with Crippen molar-refractivity contribution in [2.24, 2.45) is 5.10 Å². The van der Waals surface area contributed by atoms with Gasteiger partial charge in [0.25, 0.3) is 0 Å². The molecule has 0 amide bonds. The number of nitrogens with one attached hydrogen (secondary N) is 1. The molecule has 20 heavy (non-hydrogen) atoms. The van der Waals surface area contributed by atoms with E-state index in [1.165, 1.54) is 35.4 Å². The predicted molar refractivity (Wildman–Crippen MR) is 85.8 cm³/mol. The summed E-state index contributed by atoms with van der Waals surface area (Å²) in [6.07, 6.45) is 7.78. The zero-order valence-corrected chi connectivity index (χ0v) is 12.5. The fourth-order valence-electron chi connectivity index (χ4n) is 2.40. The maximum absolute atomic E-state index is 4.60. The third kappa shape index (κ3) is 3.07. The van der Waals surface area contributed by atoms with Crippen molar-refractivity contribution in [3.8, 4) is 0 Å². The lowest BCUT2D eigenvalue weighted by molar-refractivity contribution is 0.682. The Morgan fingerprint density at radius 1 is 1.25 bits per heavy atom. The molecule has 1 aromatic heterocycles. The van der Waals surface area contributed by atoms with E-state index in [9.17, 15) is 0 Å². The summed E-state index contributed by atoms with van der Waals surface area (Å²) in [7, 11) is 0. The second kappa shape index (κ2) is 6.18. The van der Waals surface area contributed by atoms with Crippen molar-refractivity contribution in [2.45, 2.75) is 39.0 Å². The first-order chi connectivity index (χ1) is 9.85. The third-order valence-electron chi connectivity index (χ3n) is 3.61. The first kappa shape index (κ1) is 13.3. The van der Waals surface area contributed by atoms with Gasteiger partial charge in [-0.1, -0.05) is 31.2 Å². The van der Waals surface area contributed by atoms with Crippen LogP contribution in [0.25, 0.3) is 0 Å². The number of aromatic nitrogens is 1. The number of hydrogen-bond acceptors (Lipinski definition) is 4. The monoisotopic (exact) mass is 285 g/mol. The molecule has 0 saturated heterocycles. The largest absolute Gasteiger partial charge is 0.253 e. The minimum atomic E-state index is 0.915. The Balaban J connectivity index is 1.63. The van der Waals surface area contributed by atoms with Gasteiger partial charge < -0.3 is 0 Å². The maximum atomic E-state index is 4.60. The molecular formula is C16H19N3S. The lowest BCUT2D eigenvalue weighted by Crippen LogP contribution is -1.99. The van der Waals surface area contributed by atoms with Crippen LogP contribution < -0.4 is 5.43 Å². The Kier molecular flexibility index (Phi) is 4.11. The highest BCUT2D eigenvalue weighted by molar-refractivity contribution is 7.15. The predicted octanol–water partition coefficient (Wildman–Crippen LogP) is 4.03. The summed E-state index contributed by atoms with van der Waals surface area (Å²) in [6, 6.07) is 8.47. The van der Waals surface area contributed by atoms with E-state index < -0.39 is 0 Å². The lowest BCUT2D eigenvalue weighted by Gasteiger charge is -2.06. The second-order valence-electron chi connectivity index (χ2n) is 5.06. The number of nitrogens with zero attached hydrogens (tertiary/aromatic N) is 2. The van der Waals surface area contributed by atoms with Crippen LogP contribution >= 0.6 is 11.3 Å². The Morgan fingerprint density at radius 3 is 2.80 bits per heavy atom. The molecule has 1 aliphatic carbocycles. The van der Waals surface area contributed by atoms with Crippen LogP contribution in [0.1, 0.15) is 41.5 Å². The minimum Gasteiger partial charge on any atom is -0.253 e. The number of thiazole rings is 1. The van der Waals surface area contributed by atoms with Gasteiger partial charge in [-0.15, -0.1) is 11.3 Å². The molecule has 1 aromatic carbocycles. The molecule has 0 fully saturated rings. The Bertz CT molecular complexity index is 575. The number of fused-ring (bicyclic) bond motifs is 1. The molecule has 4 heteroatoms. The number of benzene rings is 1. The van der Waals surface area contributed by atoms with E-state index >= 15 is 0 Å². The van der Waals surface area contributed by atoms with Gasteiger partial charge in [0.05, 0.1) is 11.9 Å². The summed E-state index contributed by atoms with van der Waals surface area (Å²) >= 11 is 1.74. The summed E-state index contributed by atoms with van der Waals surface area (Å²) in [5.41, 5.74) is 6.78. The van der Waals surface area contributed by atoms with Gasteiger partial charge in [-0.25, -0.2) is 4.98 Å². The van der Waals surface area contributed by atoms with E-state index in [1.807, 2.05) is 6.21 Å². The first-order valence-electron chi connectivity index (χ1n) is 7.22. The smallest absolute Gasteiger partial charge is 0.203 e. The SMILES string of the molecule is CCc1ccc(/C=N\Nc2nc3c(s2)CCCC3)cc1. The highest BCUT2D eigenvalue weighted by Crippen LogP contribution is 2.29. The summed E-state index contributed by atoms with van der Waals surface area (Å²) in [6.45, 7) is 2.16. The van der Waals surface area contributed by atoms with Gasteiger partial charge in [0.1, 0.15) is 0 Å². The fraction of sp³-hybridized carbons (Fsp3) is 0.375. The van der Waals surface area contributed by atoms with E-state index in [2.05, 4.69) is 46.7 Å². The number of hydrazone groups is 1. The molecule has 104 valence electrons. The van der Waals surface area contributed by atoms with Crippen LogP contribution in [0.4, 0.5) is 5.13 Å². The molecule has 0 saturated carbocycles. The van der Waals surface area contributed by atoms with Gasteiger partial charge in [-0.3, -0.25) is 5.43 Å². The van der Waals surface area contributed by atoms with Crippen molar-refractivity contribution in [3.05, 3.63) is 46.0 Å².